The SMILES string of the molecule is CC(C)(C)OC(=O)N1CC[C@@H](n2cc([N+](=O)[O-])cn2)[C@@H](F)C1. The molecule has 0 N–H and O–H groups in total. The summed E-state index contributed by atoms with van der Waals surface area (Å²) in [5, 5.41) is 14.5. The summed E-state index contributed by atoms with van der Waals surface area (Å²) in [6.07, 6.45) is 0.702. The predicted octanol–water partition coefficient (Wildman–Crippen LogP) is 2.31. The topological polar surface area (TPSA) is 90.5 Å². The number of rotatable bonds is 2. The fourth-order valence-electron chi connectivity index (χ4n) is 2.29. The molecule has 1 aliphatic heterocycles. The van der Waals surface area contributed by atoms with Gasteiger partial charge in [0.15, 0.2) is 0 Å². The smallest absolute Gasteiger partial charge is 0.410 e. The molecule has 8 nitrogen and oxygen atoms in total. The number of piperidine rings is 1. The van der Waals surface area contributed by atoms with E-state index in [1.54, 1.807) is 20.8 Å². The normalized spacial score (nSPS) is 22.5. The molecule has 1 amide bonds. The summed E-state index contributed by atoms with van der Waals surface area (Å²) in [4.78, 5) is 23.3. The molecule has 122 valence electrons. The van der Waals surface area contributed by atoms with Gasteiger partial charge < -0.3 is 9.64 Å². The van der Waals surface area contributed by atoms with E-state index in [1.807, 2.05) is 0 Å². The van der Waals surface area contributed by atoms with Crippen LogP contribution in [0, 0.1) is 10.1 Å². The van der Waals surface area contributed by atoms with Gasteiger partial charge in [-0.2, -0.15) is 5.10 Å². The fraction of sp³-hybridized carbons (Fsp3) is 0.692. The lowest BCUT2D eigenvalue weighted by atomic mass is 10.0. The summed E-state index contributed by atoms with van der Waals surface area (Å²) >= 11 is 0. The minimum Gasteiger partial charge on any atom is -0.444 e. The number of aromatic nitrogens is 2. The first-order chi connectivity index (χ1) is 10.2. The lowest BCUT2D eigenvalue weighted by Crippen LogP contribution is -2.47. The maximum absolute atomic E-state index is 14.3. The molecular weight excluding hydrogens is 295 g/mol. The van der Waals surface area contributed by atoms with Crippen LogP contribution in [0.1, 0.15) is 33.2 Å². The maximum atomic E-state index is 14.3. The van der Waals surface area contributed by atoms with Crippen LogP contribution in [0.15, 0.2) is 12.4 Å². The summed E-state index contributed by atoms with van der Waals surface area (Å²) in [5.74, 6) is 0. The van der Waals surface area contributed by atoms with E-state index in [0.29, 0.717) is 13.0 Å². The van der Waals surface area contributed by atoms with Crippen LogP contribution in [0.4, 0.5) is 14.9 Å². The van der Waals surface area contributed by atoms with Crippen molar-refractivity contribution in [3.8, 4) is 0 Å². The largest absolute Gasteiger partial charge is 0.444 e. The highest BCUT2D eigenvalue weighted by atomic mass is 19.1. The number of nitrogens with zero attached hydrogens (tertiary/aromatic N) is 4. The Morgan fingerprint density at radius 2 is 2.23 bits per heavy atom. The average molecular weight is 314 g/mol. The van der Waals surface area contributed by atoms with Crippen molar-refractivity contribution in [1.82, 2.24) is 14.7 Å². The van der Waals surface area contributed by atoms with Crippen molar-refractivity contribution in [2.75, 3.05) is 13.1 Å². The van der Waals surface area contributed by atoms with Crippen LogP contribution in [0.5, 0.6) is 0 Å². The lowest BCUT2D eigenvalue weighted by Gasteiger charge is -2.35. The van der Waals surface area contributed by atoms with Gasteiger partial charge >= 0.3 is 11.8 Å². The monoisotopic (exact) mass is 314 g/mol. The molecule has 1 aliphatic rings. The minimum absolute atomic E-state index is 0.118. The second kappa shape index (κ2) is 5.90. The first-order valence-electron chi connectivity index (χ1n) is 6.98. The summed E-state index contributed by atoms with van der Waals surface area (Å²) in [6.45, 7) is 5.43. The van der Waals surface area contributed by atoms with E-state index in [2.05, 4.69) is 5.10 Å². The average Bonchev–Trinajstić information content (AvgIpc) is 2.86. The van der Waals surface area contributed by atoms with E-state index in [1.165, 1.54) is 15.8 Å². The fourth-order valence-corrected chi connectivity index (χ4v) is 2.29. The van der Waals surface area contributed by atoms with Crippen molar-refractivity contribution in [1.29, 1.82) is 0 Å². The third kappa shape index (κ3) is 3.71. The Labute approximate surface area is 127 Å². The number of halogens is 1. The maximum Gasteiger partial charge on any atom is 0.410 e. The quantitative estimate of drug-likeness (QED) is 0.617. The third-order valence-corrected chi connectivity index (χ3v) is 3.30. The van der Waals surface area contributed by atoms with E-state index < -0.39 is 28.8 Å². The van der Waals surface area contributed by atoms with Gasteiger partial charge in [0.2, 0.25) is 0 Å². The van der Waals surface area contributed by atoms with Gasteiger partial charge in [0.05, 0.1) is 17.5 Å². The van der Waals surface area contributed by atoms with Gasteiger partial charge in [0.1, 0.15) is 24.2 Å². The molecule has 0 saturated carbocycles. The number of likely N-dealkylation sites (tertiary alicyclic amines) is 1. The highest BCUT2D eigenvalue weighted by molar-refractivity contribution is 5.68. The molecule has 2 rings (SSSR count). The number of hydrogen-bond acceptors (Lipinski definition) is 5. The van der Waals surface area contributed by atoms with Gasteiger partial charge in [-0.3, -0.25) is 14.8 Å². The zero-order valence-electron chi connectivity index (χ0n) is 12.7. The molecule has 0 bridgehead atoms. The van der Waals surface area contributed by atoms with Crippen molar-refractivity contribution in [2.45, 2.75) is 45.0 Å². The van der Waals surface area contributed by atoms with Crippen molar-refractivity contribution in [3.63, 3.8) is 0 Å². The Bertz CT molecular complexity index is 569. The van der Waals surface area contributed by atoms with E-state index in [-0.39, 0.29) is 12.2 Å². The molecule has 1 aromatic heterocycles. The van der Waals surface area contributed by atoms with Gasteiger partial charge in [0, 0.05) is 6.54 Å². The lowest BCUT2D eigenvalue weighted by molar-refractivity contribution is -0.385. The Hall–Kier alpha value is -2.19. The van der Waals surface area contributed by atoms with Gasteiger partial charge in [-0.25, -0.2) is 9.18 Å². The molecule has 1 saturated heterocycles. The highest BCUT2D eigenvalue weighted by Crippen LogP contribution is 2.27. The molecule has 0 aromatic carbocycles. The van der Waals surface area contributed by atoms with E-state index in [0.717, 1.165) is 6.20 Å². The molecule has 1 aromatic rings. The number of hydrogen-bond donors (Lipinski definition) is 0. The van der Waals surface area contributed by atoms with Crippen molar-refractivity contribution in [2.24, 2.45) is 0 Å². The van der Waals surface area contributed by atoms with Crippen LogP contribution in [-0.2, 0) is 4.74 Å². The molecule has 0 spiro atoms. The second-order valence-corrected chi connectivity index (χ2v) is 6.23. The molecular formula is C13H19FN4O4. The Morgan fingerprint density at radius 3 is 2.73 bits per heavy atom. The summed E-state index contributed by atoms with van der Waals surface area (Å²) < 4.78 is 20.8. The predicted molar refractivity (Wildman–Crippen MR) is 75.2 cm³/mol. The van der Waals surface area contributed by atoms with E-state index in [9.17, 15) is 19.3 Å². The van der Waals surface area contributed by atoms with E-state index >= 15 is 0 Å². The zero-order valence-corrected chi connectivity index (χ0v) is 12.7. The third-order valence-electron chi connectivity index (χ3n) is 3.30. The standard InChI is InChI=1S/C13H19FN4O4/c1-13(2,3)22-12(19)16-5-4-11(10(14)8-16)17-7-9(6-15-17)18(20)21/h6-7,10-11H,4-5,8H2,1-3H3/t10-,11+/m0/s1. The first kappa shape index (κ1) is 16.2. The molecule has 2 atom stereocenters. The van der Waals surface area contributed by atoms with Gasteiger partial charge in [-0.15, -0.1) is 0 Å². The number of carbonyl (C=O) groups excluding carboxylic acids is 1. The van der Waals surface area contributed by atoms with Gasteiger partial charge in [-0.1, -0.05) is 0 Å². The van der Waals surface area contributed by atoms with Crippen LogP contribution in [0.2, 0.25) is 0 Å². The number of alkyl halides is 1. The number of ether oxygens (including phenoxy) is 1. The zero-order chi connectivity index (χ0) is 16.5. The molecule has 0 aliphatic carbocycles. The molecule has 2 heterocycles. The second-order valence-electron chi connectivity index (χ2n) is 6.23. The molecule has 0 unspecified atom stereocenters. The first-order valence-corrected chi connectivity index (χ1v) is 6.98. The number of carbonyl (C=O) groups is 1. The van der Waals surface area contributed by atoms with Crippen molar-refractivity contribution >= 4 is 11.8 Å². The van der Waals surface area contributed by atoms with Crippen molar-refractivity contribution in [3.05, 3.63) is 22.5 Å². The van der Waals surface area contributed by atoms with Crippen LogP contribution >= 0.6 is 0 Å². The number of amides is 1. The molecule has 9 heteroatoms. The summed E-state index contributed by atoms with van der Waals surface area (Å²) in [7, 11) is 0. The minimum atomic E-state index is -1.36. The number of nitro groups is 1. The molecule has 22 heavy (non-hydrogen) atoms. The molecule has 1 fully saturated rings. The van der Waals surface area contributed by atoms with Gasteiger partial charge in [0.25, 0.3) is 0 Å². The highest BCUT2D eigenvalue weighted by Gasteiger charge is 2.35. The van der Waals surface area contributed by atoms with Crippen molar-refractivity contribution < 1.29 is 18.8 Å². The Morgan fingerprint density at radius 1 is 1.55 bits per heavy atom. The van der Waals surface area contributed by atoms with Crippen LogP contribution in [-0.4, -0.2) is 50.6 Å². The summed E-state index contributed by atoms with van der Waals surface area (Å²) in [5.41, 5.74) is -0.815. The Kier molecular flexibility index (Phi) is 4.34. The molecule has 0 radical (unpaired) electrons. The van der Waals surface area contributed by atoms with Crippen LogP contribution in [0.3, 0.4) is 0 Å². The van der Waals surface area contributed by atoms with E-state index in [4.69, 9.17) is 4.74 Å². The van der Waals surface area contributed by atoms with Crippen LogP contribution in [0.25, 0.3) is 0 Å². The Balaban J connectivity index is 2.00. The summed E-state index contributed by atoms with van der Waals surface area (Å²) in [6, 6.07) is -0.618. The van der Waals surface area contributed by atoms with Crippen LogP contribution < -0.4 is 0 Å². The van der Waals surface area contributed by atoms with Gasteiger partial charge in [-0.05, 0) is 27.2 Å².